The Balaban J connectivity index is 2.85. The second-order valence-electron chi connectivity index (χ2n) is 4.59. The van der Waals surface area contributed by atoms with Crippen LogP contribution in [0.5, 0.6) is 0 Å². The maximum atomic E-state index is 12.4. The molecular formula is C14H23NOS. The lowest BCUT2D eigenvalue weighted by Gasteiger charge is -2.20. The van der Waals surface area contributed by atoms with E-state index in [1.54, 1.807) is 0 Å². The maximum absolute atomic E-state index is 12.4. The zero-order valence-electron chi connectivity index (χ0n) is 11.4. The Labute approximate surface area is 107 Å². The van der Waals surface area contributed by atoms with Crippen LogP contribution >= 0.6 is 0 Å². The van der Waals surface area contributed by atoms with Crippen molar-refractivity contribution in [1.82, 2.24) is 5.32 Å². The zero-order chi connectivity index (χ0) is 13.0. The molecule has 3 atom stereocenters. The quantitative estimate of drug-likeness (QED) is 0.874. The van der Waals surface area contributed by atoms with Gasteiger partial charge in [-0.05, 0) is 57.5 Å². The zero-order valence-corrected chi connectivity index (χ0v) is 12.2. The average molecular weight is 253 g/mol. The van der Waals surface area contributed by atoms with Crippen molar-refractivity contribution in [2.24, 2.45) is 0 Å². The van der Waals surface area contributed by atoms with Gasteiger partial charge in [0, 0.05) is 10.9 Å². The molecule has 3 unspecified atom stereocenters. The summed E-state index contributed by atoms with van der Waals surface area (Å²) in [6.07, 6.45) is 0. The molecule has 0 fully saturated rings. The summed E-state index contributed by atoms with van der Waals surface area (Å²) < 4.78 is 12.4. The number of rotatable bonds is 5. The summed E-state index contributed by atoms with van der Waals surface area (Å²) in [5.74, 6) is 0. The minimum absolute atomic E-state index is 0.122. The predicted molar refractivity (Wildman–Crippen MR) is 74.9 cm³/mol. The molecule has 0 radical (unpaired) electrons. The van der Waals surface area contributed by atoms with Crippen LogP contribution in [0.3, 0.4) is 0 Å². The molecule has 0 saturated heterocycles. The third kappa shape index (κ3) is 3.65. The summed E-state index contributed by atoms with van der Waals surface area (Å²) in [6, 6.07) is 6.34. The standard InChI is InChI=1S/C14H23NOS/c1-6-15-12(4)13(5)17(16)14-8-7-10(2)11(3)9-14/h7-9,12-13,15H,6H2,1-5H3. The predicted octanol–water partition coefficient (Wildman–Crippen LogP) is 2.80. The lowest BCUT2D eigenvalue weighted by atomic mass is 10.1. The van der Waals surface area contributed by atoms with Crippen LogP contribution in [0, 0.1) is 13.8 Å². The number of nitrogens with one attached hydrogen (secondary N) is 1. The van der Waals surface area contributed by atoms with E-state index in [0.29, 0.717) is 0 Å². The first kappa shape index (κ1) is 14.4. The van der Waals surface area contributed by atoms with E-state index in [1.165, 1.54) is 11.1 Å². The Kier molecular flexibility index (Phi) is 5.34. The molecule has 0 aliphatic rings. The minimum atomic E-state index is -0.941. The number of hydrogen-bond donors (Lipinski definition) is 1. The normalized spacial score (nSPS) is 16.5. The minimum Gasteiger partial charge on any atom is -0.313 e. The van der Waals surface area contributed by atoms with E-state index in [9.17, 15) is 4.21 Å². The van der Waals surface area contributed by atoms with Gasteiger partial charge in [0.05, 0.1) is 16.0 Å². The van der Waals surface area contributed by atoms with Gasteiger partial charge in [0.25, 0.3) is 0 Å². The number of aryl methyl sites for hydroxylation is 2. The SMILES string of the molecule is CCNC(C)C(C)S(=O)c1ccc(C)c(C)c1. The highest BCUT2D eigenvalue weighted by Gasteiger charge is 2.19. The van der Waals surface area contributed by atoms with E-state index in [2.05, 4.69) is 33.0 Å². The van der Waals surface area contributed by atoms with Gasteiger partial charge in [0.1, 0.15) is 0 Å². The largest absolute Gasteiger partial charge is 0.313 e. The maximum Gasteiger partial charge on any atom is 0.0573 e. The summed E-state index contributed by atoms with van der Waals surface area (Å²) in [5, 5.41) is 3.45. The van der Waals surface area contributed by atoms with Crippen LogP contribution in [0.1, 0.15) is 31.9 Å². The fourth-order valence-corrected chi connectivity index (χ4v) is 3.12. The van der Waals surface area contributed by atoms with Crippen LogP contribution in [0.4, 0.5) is 0 Å². The van der Waals surface area contributed by atoms with E-state index >= 15 is 0 Å². The van der Waals surface area contributed by atoms with Gasteiger partial charge in [-0.25, -0.2) is 0 Å². The molecule has 1 N–H and O–H groups in total. The third-order valence-electron chi connectivity index (χ3n) is 3.28. The lowest BCUT2D eigenvalue weighted by molar-refractivity contribution is 0.550. The second-order valence-corrected chi connectivity index (χ2v) is 6.40. The van der Waals surface area contributed by atoms with Gasteiger partial charge in [-0.1, -0.05) is 13.0 Å². The molecule has 0 bridgehead atoms. The summed E-state index contributed by atoms with van der Waals surface area (Å²) in [6.45, 7) is 11.3. The Morgan fingerprint density at radius 1 is 1.24 bits per heavy atom. The van der Waals surface area contributed by atoms with E-state index in [-0.39, 0.29) is 11.3 Å². The van der Waals surface area contributed by atoms with Crippen molar-refractivity contribution in [3.8, 4) is 0 Å². The molecule has 0 saturated carbocycles. The first-order valence-electron chi connectivity index (χ1n) is 6.18. The highest BCUT2D eigenvalue weighted by atomic mass is 32.2. The topological polar surface area (TPSA) is 29.1 Å². The van der Waals surface area contributed by atoms with Crippen molar-refractivity contribution in [1.29, 1.82) is 0 Å². The van der Waals surface area contributed by atoms with Gasteiger partial charge in [-0.2, -0.15) is 0 Å². The Morgan fingerprint density at radius 3 is 2.41 bits per heavy atom. The van der Waals surface area contributed by atoms with Crippen LogP contribution < -0.4 is 5.32 Å². The summed E-state index contributed by atoms with van der Waals surface area (Å²) >= 11 is 0. The molecule has 0 heterocycles. The van der Waals surface area contributed by atoms with Crippen molar-refractivity contribution >= 4 is 10.8 Å². The molecule has 0 aliphatic carbocycles. The summed E-state index contributed by atoms with van der Waals surface area (Å²) in [5.41, 5.74) is 2.46. The van der Waals surface area contributed by atoms with Gasteiger partial charge < -0.3 is 5.32 Å². The fourth-order valence-electron chi connectivity index (χ4n) is 1.73. The Morgan fingerprint density at radius 2 is 1.88 bits per heavy atom. The average Bonchev–Trinajstić information content (AvgIpc) is 2.31. The van der Waals surface area contributed by atoms with Crippen molar-refractivity contribution in [3.05, 3.63) is 29.3 Å². The van der Waals surface area contributed by atoms with Crippen molar-refractivity contribution in [2.75, 3.05) is 6.54 Å². The summed E-state index contributed by atoms with van der Waals surface area (Å²) in [7, 11) is -0.941. The van der Waals surface area contributed by atoms with E-state index in [1.807, 2.05) is 25.1 Å². The Bertz CT molecular complexity index is 403. The highest BCUT2D eigenvalue weighted by molar-refractivity contribution is 7.85. The molecule has 0 aliphatic heterocycles. The van der Waals surface area contributed by atoms with Crippen LogP contribution in [0.15, 0.2) is 23.1 Å². The molecule has 3 heteroatoms. The molecule has 1 aromatic carbocycles. The number of benzene rings is 1. The molecule has 0 amide bonds. The molecule has 2 nitrogen and oxygen atoms in total. The molecule has 17 heavy (non-hydrogen) atoms. The van der Waals surface area contributed by atoms with Crippen molar-refractivity contribution in [2.45, 2.75) is 50.8 Å². The van der Waals surface area contributed by atoms with Crippen LogP contribution in [-0.2, 0) is 10.8 Å². The van der Waals surface area contributed by atoms with Gasteiger partial charge in [0.15, 0.2) is 0 Å². The van der Waals surface area contributed by atoms with Gasteiger partial charge in [-0.3, -0.25) is 4.21 Å². The van der Waals surface area contributed by atoms with Gasteiger partial charge >= 0.3 is 0 Å². The smallest absolute Gasteiger partial charge is 0.0573 e. The first-order valence-corrected chi connectivity index (χ1v) is 7.39. The summed E-state index contributed by atoms with van der Waals surface area (Å²) in [4.78, 5) is 0.936. The van der Waals surface area contributed by atoms with Gasteiger partial charge in [-0.15, -0.1) is 0 Å². The molecular weight excluding hydrogens is 230 g/mol. The second kappa shape index (κ2) is 6.31. The molecule has 1 aromatic rings. The first-order chi connectivity index (χ1) is 7.97. The van der Waals surface area contributed by atoms with Gasteiger partial charge in [0.2, 0.25) is 0 Å². The van der Waals surface area contributed by atoms with Crippen molar-refractivity contribution in [3.63, 3.8) is 0 Å². The lowest BCUT2D eigenvalue weighted by Crippen LogP contribution is -2.37. The van der Waals surface area contributed by atoms with Crippen LogP contribution in [0.2, 0.25) is 0 Å². The van der Waals surface area contributed by atoms with E-state index < -0.39 is 10.8 Å². The molecule has 1 rings (SSSR count). The highest BCUT2D eigenvalue weighted by Crippen LogP contribution is 2.17. The van der Waals surface area contributed by atoms with Crippen LogP contribution in [0.25, 0.3) is 0 Å². The van der Waals surface area contributed by atoms with E-state index in [4.69, 9.17) is 0 Å². The number of hydrogen-bond acceptors (Lipinski definition) is 2. The monoisotopic (exact) mass is 253 g/mol. The van der Waals surface area contributed by atoms with Crippen LogP contribution in [-0.4, -0.2) is 22.0 Å². The molecule has 96 valence electrons. The Hall–Kier alpha value is -0.670. The van der Waals surface area contributed by atoms with E-state index in [0.717, 1.165) is 11.4 Å². The molecule has 0 aromatic heterocycles. The fraction of sp³-hybridized carbons (Fsp3) is 0.571. The molecule has 0 spiro atoms. The van der Waals surface area contributed by atoms with Crippen molar-refractivity contribution < 1.29 is 4.21 Å². The third-order valence-corrected chi connectivity index (χ3v) is 5.08.